The van der Waals surface area contributed by atoms with E-state index >= 15 is 0 Å². The zero-order chi connectivity index (χ0) is 15.3. The van der Waals surface area contributed by atoms with Gasteiger partial charge in [0.15, 0.2) is 5.13 Å². The van der Waals surface area contributed by atoms with Gasteiger partial charge in [-0.15, -0.1) is 0 Å². The molecule has 20 heavy (non-hydrogen) atoms. The molecule has 0 aliphatic heterocycles. The fourth-order valence-corrected chi connectivity index (χ4v) is 2.18. The Balaban J connectivity index is 2.51. The highest BCUT2D eigenvalue weighted by atomic mass is 32.1. The number of methoxy groups -OCH3 is 1. The van der Waals surface area contributed by atoms with Crippen molar-refractivity contribution >= 4 is 22.6 Å². The Morgan fingerprint density at radius 1 is 1.40 bits per heavy atom. The number of carbonyl (C=O) groups excluding carboxylic acids is 1. The molecule has 0 fully saturated rings. The van der Waals surface area contributed by atoms with Crippen LogP contribution in [0.4, 0.5) is 9.93 Å². The number of nitrogens with one attached hydrogen (secondary N) is 2. The summed E-state index contributed by atoms with van der Waals surface area (Å²) in [6.07, 6.45) is -0.520. The van der Waals surface area contributed by atoms with Crippen LogP contribution in [0.5, 0.6) is 5.88 Å². The van der Waals surface area contributed by atoms with E-state index < -0.39 is 11.7 Å². The van der Waals surface area contributed by atoms with Crippen molar-refractivity contribution in [2.24, 2.45) is 0 Å². The molecular formula is C12H22N4O3S. The van der Waals surface area contributed by atoms with Gasteiger partial charge in [-0.3, -0.25) is 5.43 Å². The molecule has 0 atom stereocenters. The molecule has 0 aliphatic carbocycles. The Bertz CT molecular complexity index is 454. The highest BCUT2D eigenvalue weighted by molar-refractivity contribution is 7.15. The number of hydrogen-bond acceptors (Lipinski definition) is 7. The number of aromatic nitrogens is 1. The van der Waals surface area contributed by atoms with E-state index in [1.54, 1.807) is 7.11 Å². The Morgan fingerprint density at radius 3 is 2.55 bits per heavy atom. The molecule has 1 aromatic rings. The lowest BCUT2D eigenvalue weighted by Crippen LogP contribution is -2.40. The molecule has 1 aromatic heterocycles. The van der Waals surface area contributed by atoms with Crippen molar-refractivity contribution in [3.05, 3.63) is 4.88 Å². The molecular weight excluding hydrogens is 280 g/mol. The van der Waals surface area contributed by atoms with Gasteiger partial charge in [0.25, 0.3) is 0 Å². The number of ether oxygens (including phenoxy) is 2. The van der Waals surface area contributed by atoms with Crippen molar-refractivity contribution in [3.63, 3.8) is 0 Å². The second-order valence-corrected chi connectivity index (χ2v) is 6.37. The number of rotatable bonds is 5. The number of nitrogens with zero attached hydrogens (tertiary/aromatic N) is 2. The predicted octanol–water partition coefficient (Wildman–Crippen LogP) is 1.75. The molecule has 0 aliphatic rings. The van der Waals surface area contributed by atoms with Gasteiger partial charge in [0.05, 0.1) is 18.5 Å². The molecule has 114 valence electrons. The summed E-state index contributed by atoms with van der Waals surface area (Å²) in [5, 5.41) is 0.843. The van der Waals surface area contributed by atoms with Crippen LogP contribution in [0.3, 0.4) is 0 Å². The van der Waals surface area contributed by atoms with Gasteiger partial charge < -0.3 is 14.4 Å². The molecule has 8 heteroatoms. The topological polar surface area (TPSA) is 75.7 Å². The number of anilines is 1. The molecule has 0 saturated carbocycles. The molecule has 0 spiro atoms. The Kier molecular flexibility index (Phi) is 5.58. The van der Waals surface area contributed by atoms with Crippen molar-refractivity contribution in [2.45, 2.75) is 32.9 Å². The van der Waals surface area contributed by atoms with Crippen molar-refractivity contribution in [1.29, 1.82) is 0 Å². The summed E-state index contributed by atoms with van der Waals surface area (Å²) in [7, 11) is 5.39. The maximum atomic E-state index is 11.5. The molecule has 7 nitrogen and oxygen atoms in total. The quantitative estimate of drug-likeness (QED) is 0.807. The predicted molar refractivity (Wildman–Crippen MR) is 79.2 cm³/mol. The maximum Gasteiger partial charge on any atom is 0.422 e. The average Bonchev–Trinajstić information content (AvgIpc) is 2.70. The molecule has 0 radical (unpaired) electrons. The molecule has 1 heterocycles. The normalized spacial score (nSPS) is 11.1. The summed E-state index contributed by atoms with van der Waals surface area (Å²) in [4.78, 5) is 18.6. The van der Waals surface area contributed by atoms with Gasteiger partial charge in [-0.1, -0.05) is 11.3 Å². The number of thiazole rings is 1. The second-order valence-electron chi connectivity index (χ2n) is 5.30. The highest BCUT2D eigenvalue weighted by Crippen LogP contribution is 2.29. The van der Waals surface area contributed by atoms with Crippen LogP contribution in [0.25, 0.3) is 0 Å². The minimum absolute atomic E-state index is 0.411. The summed E-state index contributed by atoms with van der Waals surface area (Å²) < 4.78 is 10.3. The second kappa shape index (κ2) is 6.76. The van der Waals surface area contributed by atoms with Crippen LogP contribution in [0.1, 0.15) is 25.6 Å². The van der Waals surface area contributed by atoms with Gasteiger partial charge in [-0.2, -0.15) is 4.98 Å². The smallest absolute Gasteiger partial charge is 0.422 e. The number of hydrogen-bond donors (Lipinski definition) is 2. The average molecular weight is 302 g/mol. The molecule has 0 saturated heterocycles. The summed E-state index contributed by atoms with van der Waals surface area (Å²) in [5.41, 5.74) is 4.75. The van der Waals surface area contributed by atoms with Gasteiger partial charge in [0, 0.05) is 14.1 Å². The van der Waals surface area contributed by atoms with Crippen LogP contribution in [0, 0.1) is 0 Å². The summed E-state index contributed by atoms with van der Waals surface area (Å²) in [5.74, 6) is 0.553. The molecule has 0 unspecified atom stereocenters. The van der Waals surface area contributed by atoms with E-state index in [9.17, 15) is 4.79 Å². The Labute approximate surface area is 123 Å². The summed E-state index contributed by atoms with van der Waals surface area (Å²) >= 11 is 1.49. The molecule has 0 bridgehead atoms. The van der Waals surface area contributed by atoms with E-state index in [4.69, 9.17) is 9.47 Å². The Morgan fingerprint density at radius 2 is 2.05 bits per heavy atom. The molecule has 1 rings (SSSR count). The third-order valence-corrected chi connectivity index (χ3v) is 3.27. The van der Waals surface area contributed by atoms with Crippen LogP contribution in [-0.4, -0.2) is 37.9 Å². The van der Waals surface area contributed by atoms with Crippen LogP contribution in [0.15, 0.2) is 0 Å². The monoisotopic (exact) mass is 302 g/mol. The van der Waals surface area contributed by atoms with Gasteiger partial charge in [0.1, 0.15) is 5.60 Å². The van der Waals surface area contributed by atoms with Crippen LogP contribution < -0.4 is 20.5 Å². The number of amides is 1. The zero-order valence-electron chi connectivity index (χ0n) is 12.7. The van der Waals surface area contributed by atoms with Crippen molar-refractivity contribution < 1.29 is 14.3 Å². The molecule has 2 N–H and O–H groups in total. The van der Waals surface area contributed by atoms with Crippen molar-refractivity contribution in [3.8, 4) is 5.88 Å². The van der Waals surface area contributed by atoms with Gasteiger partial charge in [0.2, 0.25) is 5.88 Å². The van der Waals surface area contributed by atoms with E-state index in [0.717, 1.165) is 10.0 Å². The fraction of sp³-hybridized carbons (Fsp3) is 0.667. The lowest BCUT2D eigenvalue weighted by atomic mass is 10.2. The fourth-order valence-electron chi connectivity index (χ4n) is 1.29. The van der Waals surface area contributed by atoms with Gasteiger partial charge in [-0.05, 0) is 20.8 Å². The van der Waals surface area contributed by atoms with E-state index in [0.29, 0.717) is 12.4 Å². The largest absolute Gasteiger partial charge is 0.480 e. The third-order valence-electron chi connectivity index (χ3n) is 2.06. The SMILES string of the molecule is COc1nc(N(C)C)sc1CNNC(=O)OC(C)(C)C. The summed E-state index contributed by atoms with van der Waals surface area (Å²) in [6.45, 7) is 5.83. The van der Waals surface area contributed by atoms with Crippen LogP contribution in [0.2, 0.25) is 0 Å². The summed E-state index contributed by atoms with van der Waals surface area (Å²) in [6, 6.07) is 0. The third kappa shape index (κ3) is 5.22. The number of carbonyl (C=O) groups is 1. The van der Waals surface area contributed by atoms with Crippen molar-refractivity contribution in [1.82, 2.24) is 15.8 Å². The van der Waals surface area contributed by atoms with Crippen molar-refractivity contribution in [2.75, 3.05) is 26.1 Å². The maximum absolute atomic E-state index is 11.5. The van der Waals surface area contributed by atoms with E-state index in [-0.39, 0.29) is 0 Å². The first-order valence-electron chi connectivity index (χ1n) is 6.16. The first kappa shape index (κ1) is 16.5. The molecule has 1 amide bonds. The minimum Gasteiger partial charge on any atom is -0.480 e. The van der Waals surface area contributed by atoms with E-state index in [1.807, 2.05) is 39.8 Å². The standard InChI is InChI=1S/C12H22N4O3S/c1-12(2,3)19-11(17)15-13-7-8-9(18-6)14-10(20-8)16(4)5/h13H,7H2,1-6H3,(H,15,17). The van der Waals surface area contributed by atoms with Crippen LogP contribution in [-0.2, 0) is 11.3 Å². The first-order valence-corrected chi connectivity index (χ1v) is 6.97. The first-order chi connectivity index (χ1) is 9.23. The van der Waals surface area contributed by atoms with Gasteiger partial charge >= 0.3 is 6.09 Å². The van der Waals surface area contributed by atoms with E-state index in [2.05, 4.69) is 15.8 Å². The van der Waals surface area contributed by atoms with E-state index in [1.165, 1.54) is 11.3 Å². The van der Waals surface area contributed by atoms with Gasteiger partial charge in [-0.25, -0.2) is 10.2 Å². The Hall–Kier alpha value is -1.54. The highest BCUT2D eigenvalue weighted by Gasteiger charge is 2.17. The zero-order valence-corrected chi connectivity index (χ0v) is 13.6. The lowest BCUT2D eigenvalue weighted by Gasteiger charge is -2.19. The number of hydrazine groups is 1. The van der Waals surface area contributed by atoms with Crippen LogP contribution >= 0.6 is 11.3 Å². The molecule has 0 aromatic carbocycles. The lowest BCUT2D eigenvalue weighted by molar-refractivity contribution is 0.0497. The minimum atomic E-state index is -0.522.